The minimum absolute atomic E-state index is 0.145. The number of allylic oxidation sites excluding steroid dienone is 2. The topological polar surface area (TPSA) is 43.4 Å². The molecule has 0 spiro atoms. The van der Waals surface area contributed by atoms with Crippen LogP contribution in [0.5, 0.6) is 0 Å². The first-order valence-electron chi connectivity index (χ1n) is 7.31. The Kier molecular flexibility index (Phi) is 3.90. The molecular weight excluding hydrogens is 252 g/mol. The number of Topliss-reactive ketones (excluding diaryl/α,β-unsaturated/α-hetero) is 1. The van der Waals surface area contributed by atoms with Crippen molar-refractivity contribution in [3.05, 3.63) is 23.3 Å². The van der Waals surface area contributed by atoms with E-state index in [0.717, 1.165) is 30.4 Å². The van der Waals surface area contributed by atoms with Gasteiger partial charge < -0.3 is 4.74 Å². The Labute approximate surface area is 121 Å². The SMILES string of the molecule is C=C(C)[C@H]1CC2=C(C)C(=O)CC[C@]2(C)[C@@H](OC(C)=O)C1. The lowest BCUT2D eigenvalue weighted by Crippen LogP contribution is -2.46. The van der Waals surface area contributed by atoms with E-state index in [-0.39, 0.29) is 23.3 Å². The van der Waals surface area contributed by atoms with E-state index >= 15 is 0 Å². The average Bonchev–Trinajstić information content (AvgIpc) is 2.35. The van der Waals surface area contributed by atoms with E-state index in [1.54, 1.807) is 0 Å². The molecule has 0 radical (unpaired) electrons. The summed E-state index contributed by atoms with van der Waals surface area (Å²) in [7, 11) is 0. The molecule has 1 saturated carbocycles. The number of ketones is 1. The lowest BCUT2D eigenvalue weighted by Gasteiger charge is -2.48. The van der Waals surface area contributed by atoms with Crippen molar-refractivity contribution in [3.8, 4) is 0 Å². The molecule has 0 aliphatic heterocycles. The minimum Gasteiger partial charge on any atom is -0.462 e. The van der Waals surface area contributed by atoms with Gasteiger partial charge in [-0.2, -0.15) is 0 Å². The van der Waals surface area contributed by atoms with Gasteiger partial charge in [0.15, 0.2) is 5.78 Å². The molecule has 2 aliphatic rings. The largest absolute Gasteiger partial charge is 0.462 e. The van der Waals surface area contributed by atoms with Gasteiger partial charge in [0.05, 0.1) is 0 Å². The molecule has 0 heterocycles. The first-order chi connectivity index (χ1) is 9.25. The Morgan fingerprint density at radius 3 is 2.60 bits per heavy atom. The predicted molar refractivity (Wildman–Crippen MR) is 78.1 cm³/mol. The number of carbonyl (C=O) groups is 2. The van der Waals surface area contributed by atoms with E-state index in [9.17, 15) is 9.59 Å². The van der Waals surface area contributed by atoms with E-state index in [2.05, 4.69) is 13.5 Å². The van der Waals surface area contributed by atoms with Gasteiger partial charge in [0.25, 0.3) is 0 Å². The normalized spacial score (nSPS) is 33.7. The van der Waals surface area contributed by atoms with E-state index in [1.807, 2.05) is 13.8 Å². The number of carbonyl (C=O) groups excluding carboxylic acids is 2. The van der Waals surface area contributed by atoms with Gasteiger partial charge in [0.2, 0.25) is 0 Å². The molecule has 0 aromatic heterocycles. The molecular formula is C17H24O3. The van der Waals surface area contributed by atoms with Crippen molar-refractivity contribution in [1.29, 1.82) is 0 Å². The summed E-state index contributed by atoms with van der Waals surface area (Å²) in [5.74, 6) is 0.289. The molecule has 3 heteroatoms. The number of ether oxygens (including phenoxy) is 1. The summed E-state index contributed by atoms with van der Waals surface area (Å²) in [5, 5.41) is 0. The van der Waals surface area contributed by atoms with Gasteiger partial charge in [-0.1, -0.05) is 24.6 Å². The van der Waals surface area contributed by atoms with Crippen LogP contribution < -0.4 is 0 Å². The average molecular weight is 276 g/mol. The summed E-state index contributed by atoms with van der Waals surface area (Å²) in [4.78, 5) is 23.4. The number of fused-ring (bicyclic) bond motifs is 1. The molecule has 3 atom stereocenters. The van der Waals surface area contributed by atoms with Crippen molar-refractivity contribution < 1.29 is 14.3 Å². The second-order valence-electron chi connectivity index (χ2n) is 6.53. The Balaban J connectivity index is 2.44. The lowest BCUT2D eigenvalue weighted by molar-refractivity contribution is -0.155. The second-order valence-corrected chi connectivity index (χ2v) is 6.53. The molecule has 0 unspecified atom stereocenters. The molecule has 0 aromatic rings. The lowest BCUT2D eigenvalue weighted by atomic mass is 9.59. The fraction of sp³-hybridized carbons (Fsp3) is 0.647. The highest BCUT2D eigenvalue weighted by Gasteiger charge is 2.48. The van der Waals surface area contributed by atoms with Crippen LogP contribution in [-0.4, -0.2) is 17.9 Å². The third-order valence-corrected chi connectivity index (χ3v) is 5.10. The highest BCUT2D eigenvalue weighted by Crippen LogP contribution is 2.52. The fourth-order valence-corrected chi connectivity index (χ4v) is 3.65. The van der Waals surface area contributed by atoms with Crippen molar-refractivity contribution in [1.82, 2.24) is 0 Å². The van der Waals surface area contributed by atoms with Crippen molar-refractivity contribution in [2.45, 2.75) is 59.5 Å². The molecule has 20 heavy (non-hydrogen) atoms. The van der Waals surface area contributed by atoms with E-state index in [4.69, 9.17) is 4.74 Å². The summed E-state index contributed by atoms with van der Waals surface area (Å²) in [5.41, 5.74) is 2.97. The van der Waals surface area contributed by atoms with E-state index in [1.165, 1.54) is 12.5 Å². The van der Waals surface area contributed by atoms with Crippen LogP contribution in [0, 0.1) is 11.3 Å². The maximum Gasteiger partial charge on any atom is 0.302 e. The predicted octanol–water partition coefficient (Wildman–Crippen LogP) is 3.59. The van der Waals surface area contributed by atoms with Crippen LogP contribution in [0.4, 0.5) is 0 Å². The summed E-state index contributed by atoms with van der Waals surface area (Å²) < 4.78 is 5.60. The van der Waals surface area contributed by atoms with Gasteiger partial charge in [-0.3, -0.25) is 9.59 Å². The van der Waals surface area contributed by atoms with Crippen LogP contribution in [0.2, 0.25) is 0 Å². The third kappa shape index (κ3) is 2.46. The number of hydrogen-bond acceptors (Lipinski definition) is 3. The standard InChI is InChI=1S/C17H24O3/c1-10(2)13-8-14-11(3)15(19)6-7-17(14,5)16(9-13)20-12(4)18/h13,16H,1,6-9H2,2-5H3/t13-,16-,17-/m0/s1. The Morgan fingerprint density at radius 1 is 1.40 bits per heavy atom. The second kappa shape index (κ2) is 5.19. The molecule has 0 aromatic carbocycles. The summed E-state index contributed by atoms with van der Waals surface area (Å²) in [6.07, 6.45) is 2.88. The maximum absolute atomic E-state index is 12.0. The van der Waals surface area contributed by atoms with Crippen LogP contribution >= 0.6 is 0 Å². The molecule has 0 bridgehead atoms. The first kappa shape index (κ1) is 15.0. The highest BCUT2D eigenvalue weighted by atomic mass is 16.5. The van der Waals surface area contributed by atoms with Gasteiger partial charge in [0, 0.05) is 18.8 Å². The van der Waals surface area contributed by atoms with Crippen LogP contribution in [0.15, 0.2) is 23.3 Å². The Bertz CT molecular complexity index is 500. The van der Waals surface area contributed by atoms with Crippen molar-refractivity contribution in [2.24, 2.45) is 11.3 Å². The number of hydrogen-bond donors (Lipinski definition) is 0. The van der Waals surface area contributed by atoms with E-state index < -0.39 is 0 Å². The van der Waals surface area contributed by atoms with Crippen molar-refractivity contribution >= 4 is 11.8 Å². The van der Waals surface area contributed by atoms with Crippen LogP contribution in [-0.2, 0) is 14.3 Å². The van der Waals surface area contributed by atoms with Crippen molar-refractivity contribution in [2.75, 3.05) is 0 Å². The quantitative estimate of drug-likeness (QED) is 0.572. The molecule has 3 nitrogen and oxygen atoms in total. The molecule has 0 saturated heterocycles. The van der Waals surface area contributed by atoms with Gasteiger partial charge in [-0.15, -0.1) is 0 Å². The first-order valence-corrected chi connectivity index (χ1v) is 7.31. The number of esters is 1. The highest BCUT2D eigenvalue weighted by molar-refractivity contribution is 5.96. The van der Waals surface area contributed by atoms with Gasteiger partial charge >= 0.3 is 5.97 Å². The zero-order valence-corrected chi connectivity index (χ0v) is 12.9. The van der Waals surface area contributed by atoms with Crippen LogP contribution in [0.1, 0.15) is 53.4 Å². The van der Waals surface area contributed by atoms with E-state index in [0.29, 0.717) is 12.3 Å². The summed E-state index contributed by atoms with van der Waals surface area (Å²) in [6, 6.07) is 0. The van der Waals surface area contributed by atoms with Crippen LogP contribution in [0.25, 0.3) is 0 Å². The van der Waals surface area contributed by atoms with Gasteiger partial charge in [-0.25, -0.2) is 0 Å². The minimum atomic E-state index is -0.243. The maximum atomic E-state index is 12.0. The molecule has 0 N–H and O–H groups in total. The summed E-state index contributed by atoms with van der Waals surface area (Å²) >= 11 is 0. The summed E-state index contributed by atoms with van der Waals surface area (Å²) in [6.45, 7) is 11.6. The third-order valence-electron chi connectivity index (χ3n) is 5.10. The fourth-order valence-electron chi connectivity index (χ4n) is 3.65. The smallest absolute Gasteiger partial charge is 0.302 e. The molecule has 1 fully saturated rings. The molecule has 0 amide bonds. The molecule has 110 valence electrons. The van der Waals surface area contributed by atoms with Gasteiger partial charge in [-0.05, 0) is 44.6 Å². The van der Waals surface area contributed by atoms with Gasteiger partial charge in [0.1, 0.15) is 6.10 Å². The Hall–Kier alpha value is -1.38. The van der Waals surface area contributed by atoms with Crippen molar-refractivity contribution in [3.63, 3.8) is 0 Å². The monoisotopic (exact) mass is 276 g/mol. The molecule has 2 aliphatic carbocycles. The molecule has 2 rings (SSSR count). The van der Waals surface area contributed by atoms with Crippen LogP contribution in [0.3, 0.4) is 0 Å². The zero-order chi connectivity index (χ0) is 15.1. The zero-order valence-electron chi connectivity index (χ0n) is 12.9. The number of rotatable bonds is 2. The Morgan fingerprint density at radius 2 is 2.05 bits per heavy atom.